The second-order valence-electron chi connectivity index (χ2n) is 6.02. The summed E-state index contributed by atoms with van der Waals surface area (Å²) in [6.45, 7) is 6.48. The molecule has 1 atom stereocenters. The van der Waals surface area contributed by atoms with E-state index in [1.165, 1.54) is 37.9 Å². The molecule has 1 saturated heterocycles. The Hall–Kier alpha value is -0.190. The zero-order valence-electron chi connectivity index (χ0n) is 12.9. The monoisotopic (exact) mass is 332 g/mol. The van der Waals surface area contributed by atoms with E-state index in [0.29, 0.717) is 30.8 Å². The lowest BCUT2D eigenvalue weighted by molar-refractivity contribution is -0.131. The van der Waals surface area contributed by atoms with Crippen molar-refractivity contribution in [3.05, 3.63) is 12.7 Å². The lowest BCUT2D eigenvalue weighted by atomic mass is 9.89. The van der Waals surface area contributed by atoms with Crippen molar-refractivity contribution in [2.75, 3.05) is 31.1 Å². The number of halogens is 1. The molecule has 3 nitrogen and oxygen atoms in total. The standard InChI is InChI=1S/C16H28N2OS.ClH/c1-2-9-18(12-14-6-4-3-5-7-14)16(19)11-15-13-20-10-8-17-15;/h2,14-15,17H,1,3-13H2;1H. The third-order valence-electron chi connectivity index (χ3n) is 4.32. The van der Waals surface area contributed by atoms with Gasteiger partial charge in [-0.2, -0.15) is 11.8 Å². The second-order valence-corrected chi connectivity index (χ2v) is 7.17. The smallest absolute Gasteiger partial charge is 0.224 e. The largest absolute Gasteiger partial charge is 0.339 e. The topological polar surface area (TPSA) is 32.3 Å². The predicted molar refractivity (Wildman–Crippen MR) is 94.3 cm³/mol. The first-order valence-corrected chi connectivity index (χ1v) is 9.15. The van der Waals surface area contributed by atoms with Crippen LogP contribution in [0.1, 0.15) is 38.5 Å². The minimum atomic E-state index is 0. The molecule has 0 spiro atoms. The van der Waals surface area contributed by atoms with Crippen LogP contribution in [0.4, 0.5) is 0 Å². The minimum Gasteiger partial charge on any atom is -0.339 e. The Morgan fingerprint density at radius 2 is 2.10 bits per heavy atom. The van der Waals surface area contributed by atoms with E-state index in [4.69, 9.17) is 0 Å². The molecule has 0 aromatic heterocycles. The summed E-state index contributed by atoms with van der Waals surface area (Å²) in [7, 11) is 0. The van der Waals surface area contributed by atoms with E-state index in [1.54, 1.807) is 0 Å². The number of rotatable bonds is 6. The molecule has 1 aliphatic carbocycles. The van der Waals surface area contributed by atoms with Crippen molar-refractivity contribution in [3.8, 4) is 0 Å². The Morgan fingerprint density at radius 1 is 1.33 bits per heavy atom. The predicted octanol–water partition coefficient (Wildman–Crippen LogP) is 3.10. The summed E-state index contributed by atoms with van der Waals surface area (Å²) in [5.41, 5.74) is 0. The van der Waals surface area contributed by atoms with Gasteiger partial charge in [0.25, 0.3) is 0 Å². The average Bonchev–Trinajstić information content (AvgIpc) is 2.49. The van der Waals surface area contributed by atoms with Crippen LogP contribution >= 0.6 is 24.2 Å². The molecule has 0 aromatic rings. The van der Waals surface area contributed by atoms with Gasteiger partial charge >= 0.3 is 0 Å². The third-order valence-corrected chi connectivity index (χ3v) is 5.46. The van der Waals surface area contributed by atoms with Crippen LogP contribution in [0, 0.1) is 5.92 Å². The van der Waals surface area contributed by atoms with E-state index in [1.807, 2.05) is 22.7 Å². The second kappa shape index (κ2) is 10.5. The Balaban J connectivity index is 0.00000220. The summed E-state index contributed by atoms with van der Waals surface area (Å²) >= 11 is 1.95. The van der Waals surface area contributed by atoms with Crippen LogP contribution in [0.2, 0.25) is 0 Å². The lowest BCUT2D eigenvalue weighted by Gasteiger charge is -2.31. The first-order chi connectivity index (χ1) is 9.79. The van der Waals surface area contributed by atoms with Crippen LogP contribution in [-0.4, -0.2) is 48.0 Å². The van der Waals surface area contributed by atoms with Crippen LogP contribution in [0.15, 0.2) is 12.7 Å². The molecule has 2 aliphatic rings. The zero-order chi connectivity index (χ0) is 14.2. The molecular weight excluding hydrogens is 304 g/mol. The molecule has 1 aliphatic heterocycles. The summed E-state index contributed by atoms with van der Waals surface area (Å²) in [5.74, 6) is 3.25. The Morgan fingerprint density at radius 3 is 2.71 bits per heavy atom. The summed E-state index contributed by atoms with van der Waals surface area (Å²) in [5, 5.41) is 3.46. The molecule has 1 unspecified atom stereocenters. The van der Waals surface area contributed by atoms with Crippen molar-refractivity contribution in [1.29, 1.82) is 0 Å². The Labute approximate surface area is 139 Å². The Bertz CT molecular complexity index is 315. The molecule has 1 N–H and O–H groups in total. The third kappa shape index (κ3) is 6.62. The van der Waals surface area contributed by atoms with Gasteiger partial charge in [0.2, 0.25) is 5.91 Å². The highest BCUT2D eigenvalue weighted by molar-refractivity contribution is 7.99. The maximum atomic E-state index is 12.5. The number of nitrogens with one attached hydrogen (secondary N) is 1. The van der Waals surface area contributed by atoms with Gasteiger partial charge in [0, 0.05) is 43.6 Å². The van der Waals surface area contributed by atoms with E-state index in [-0.39, 0.29) is 12.4 Å². The molecule has 122 valence electrons. The van der Waals surface area contributed by atoms with E-state index >= 15 is 0 Å². The van der Waals surface area contributed by atoms with Crippen molar-refractivity contribution in [1.82, 2.24) is 10.2 Å². The first kappa shape index (κ1) is 18.9. The fraction of sp³-hybridized carbons (Fsp3) is 0.812. The molecule has 0 bridgehead atoms. The number of amides is 1. The Kier molecular flexibility index (Phi) is 9.45. The van der Waals surface area contributed by atoms with E-state index in [9.17, 15) is 4.79 Å². The van der Waals surface area contributed by atoms with Gasteiger partial charge in [-0.05, 0) is 18.8 Å². The number of thioether (sulfide) groups is 1. The molecule has 2 fully saturated rings. The number of nitrogens with zero attached hydrogens (tertiary/aromatic N) is 1. The average molecular weight is 333 g/mol. The maximum absolute atomic E-state index is 12.5. The van der Waals surface area contributed by atoms with Gasteiger partial charge in [-0.1, -0.05) is 25.3 Å². The number of hydrogen-bond donors (Lipinski definition) is 1. The molecule has 0 radical (unpaired) electrons. The van der Waals surface area contributed by atoms with Crippen LogP contribution < -0.4 is 5.32 Å². The first-order valence-electron chi connectivity index (χ1n) is 7.99. The fourth-order valence-corrected chi connectivity index (χ4v) is 4.16. The highest BCUT2D eigenvalue weighted by Crippen LogP contribution is 2.24. The van der Waals surface area contributed by atoms with Crippen molar-refractivity contribution in [2.24, 2.45) is 5.92 Å². The number of carbonyl (C=O) groups is 1. The molecular formula is C16H29ClN2OS. The highest BCUT2D eigenvalue weighted by atomic mass is 35.5. The van der Waals surface area contributed by atoms with Gasteiger partial charge in [0.1, 0.15) is 0 Å². The van der Waals surface area contributed by atoms with Crippen LogP contribution in [0.5, 0.6) is 0 Å². The van der Waals surface area contributed by atoms with Gasteiger partial charge in [-0.25, -0.2) is 0 Å². The lowest BCUT2D eigenvalue weighted by Crippen LogP contribution is -2.44. The maximum Gasteiger partial charge on any atom is 0.224 e. The van der Waals surface area contributed by atoms with Gasteiger partial charge in [0.15, 0.2) is 0 Å². The van der Waals surface area contributed by atoms with E-state index in [2.05, 4.69) is 11.9 Å². The number of carbonyl (C=O) groups excluding carboxylic acids is 1. The molecule has 1 heterocycles. The van der Waals surface area contributed by atoms with Crippen LogP contribution in [0.25, 0.3) is 0 Å². The molecule has 2 rings (SSSR count). The van der Waals surface area contributed by atoms with Crippen LogP contribution in [0.3, 0.4) is 0 Å². The molecule has 1 amide bonds. The van der Waals surface area contributed by atoms with E-state index < -0.39 is 0 Å². The van der Waals surface area contributed by atoms with Crippen molar-refractivity contribution in [2.45, 2.75) is 44.6 Å². The van der Waals surface area contributed by atoms with Gasteiger partial charge in [0.05, 0.1) is 0 Å². The molecule has 5 heteroatoms. The van der Waals surface area contributed by atoms with Crippen molar-refractivity contribution >= 4 is 30.1 Å². The quantitative estimate of drug-likeness (QED) is 0.759. The number of hydrogen-bond acceptors (Lipinski definition) is 3. The molecule has 21 heavy (non-hydrogen) atoms. The highest BCUT2D eigenvalue weighted by Gasteiger charge is 2.23. The normalized spacial score (nSPS) is 23.1. The van der Waals surface area contributed by atoms with Gasteiger partial charge < -0.3 is 10.2 Å². The van der Waals surface area contributed by atoms with Gasteiger partial charge in [-0.15, -0.1) is 19.0 Å². The summed E-state index contributed by atoms with van der Waals surface area (Å²) in [6.07, 6.45) is 9.13. The summed E-state index contributed by atoms with van der Waals surface area (Å²) < 4.78 is 0. The molecule has 1 saturated carbocycles. The van der Waals surface area contributed by atoms with Crippen molar-refractivity contribution < 1.29 is 4.79 Å². The molecule has 0 aromatic carbocycles. The minimum absolute atomic E-state index is 0. The fourth-order valence-electron chi connectivity index (χ4n) is 3.21. The summed E-state index contributed by atoms with van der Waals surface area (Å²) in [6, 6.07) is 0.361. The van der Waals surface area contributed by atoms with Gasteiger partial charge in [-0.3, -0.25) is 4.79 Å². The van der Waals surface area contributed by atoms with E-state index in [0.717, 1.165) is 18.8 Å². The van der Waals surface area contributed by atoms with Crippen LogP contribution in [-0.2, 0) is 4.79 Å². The van der Waals surface area contributed by atoms with Crippen molar-refractivity contribution in [3.63, 3.8) is 0 Å². The zero-order valence-corrected chi connectivity index (χ0v) is 14.5. The SMILES string of the molecule is C=CCN(CC1CCCCC1)C(=O)CC1CSCCN1.Cl. The summed E-state index contributed by atoms with van der Waals surface area (Å²) in [4.78, 5) is 14.5.